The van der Waals surface area contributed by atoms with Crippen molar-refractivity contribution < 1.29 is 14.4 Å². The van der Waals surface area contributed by atoms with Gasteiger partial charge in [0.25, 0.3) is 11.8 Å². The van der Waals surface area contributed by atoms with E-state index in [4.69, 9.17) is 0 Å². The third-order valence-corrected chi connectivity index (χ3v) is 4.04. The van der Waals surface area contributed by atoms with E-state index in [0.29, 0.717) is 17.5 Å². The molecule has 2 N–H and O–H groups in total. The highest BCUT2D eigenvalue weighted by molar-refractivity contribution is 6.09. The largest absolute Gasteiger partial charge is 0.344 e. The Morgan fingerprint density at radius 3 is 2.46 bits per heavy atom. The number of hydrazine groups is 1. The fraction of sp³-hybridized carbons (Fsp3) is 0.176. The number of urea groups is 1. The molecule has 122 valence electrons. The van der Waals surface area contributed by atoms with Gasteiger partial charge >= 0.3 is 6.03 Å². The van der Waals surface area contributed by atoms with Gasteiger partial charge in [-0.3, -0.25) is 20.0 Å². The number of imide groups is 1. The van der Waals surface area contributed by atoms with Gasteiger partial charge in [0.1, 0.15) is 5.54 Å². The number of carbonyl (C=O) groups is 3. The van der Waals surface area contributed by atoms with Crippen LogP contribution in [0.1, 0.15) is 29.3 Å². The van der Waals surface area contributed by atoms with E-state index >= 15 is 0 Å². The second-order valence-electron chi connectivity index (χ2n) is 5.37. The average molecular weight is 324 g/mol. The van der Waals surface area contributed by atoms with Crippen LogP contribution in [0.4, 0.5) is 4.79 Å². The Balaban J connectivity index is 1.88. The zero-order valence-corrected chi connectivity index (χ0v) is 13.0. The molecule has 4 amide bonds. The van der Waals surface area contributed by atoms with Crippen LogP contribution in [0.15, 0.2) is 54.9 Å². The maximum Gasteiger partial charge on any atom is 0.344 e. The van der Waals surface area contributed by atoms with Gasteiger partial charge in [-0.1, -0.05) is 37.3 Å². The zero-order valence-electron chi connectivity index (χ0n) is 13.0. The van der Waals surface area contributed by atoms with E-state index < -0.39 is 23.4 Å². The van der Waals surface area contributed by atoms with Crippen molar-refractivity contribution in [2.45, 2.75) is 18.9 Å². The number of carbonyl (C=O) groups excluding carboxylic acids is 3. The van der Waals surface area contributed by atoms with Crippen molar-refractivity contribution in [3.05, 3.63) is 66.0 Å². The van der Waals surface area contributed by atoms with Crippen molar-refractivity contribution >= 4 is 17.8 Å². The van der Waals surface area contributed by atoms with Gasteiger partial charge in [0.15, 0.2) is 0 Å². The Bertz CT molecular complexity index is 779. The molecule has 2 aromatic rings. The van der Waals surface area contributed by atoms with E-state index in [0.717, 1.165) is 5.01 Å². The topological polar surface area (TPSA) is 91.4 Å². The van der Waals surface area contributed by atoms with Crippen LogP contribution in [0.3, 0.4) is 0 Å². The number of nitrogens with zero attached hydrogens (tertiary/aromatic N) is 2. The van der Waals surface area contributed by atoms with Crippen LogP contribution < -0.4 is 10.7 Å². The Labute approximate surface area is 138 Å². The summed E-state index contributed by atoms with van der Waals surface area (Å²) in [5, 5.41) is 3.44. The molecule has 1 atom stereocenters. The lowest BCUT2D eigenvalue weighted by Gasteiger charge is -2.25. The summed E-state index contributed by atoms with van der Waals surface area (Å²) in [4.78, 5) is 41.2. The molecule has 1 aliphatic rings. The summed E-state index contributed by atoms with van der Waals surface area (Å²) >= 11 is 0. The quantitative estimate of drug-likeness (QED) is 0.835. The van der Waals surface area contributed by atoms with Crippen molar-refractivity contribution in [1.29, 1.82) is 0 Å². The van der Waals surface area contributed by atoms with Crippen LogP contribution in [0, 0.1) is 0 Å². The van der Waals surface area contributed by atoms with Crippen LogP contribution in [0.2, 0.25) is 0 Å². The Morgan fingerprint density at radius 2 is 1.83 bits per heavy atom. The minimum Gasteiger partial charge on any atom is -0.318 e. The molecule has 1 saturated heterocycles. The second-order valence-corrected chi connectivity index (χ2v) is 5.37. The fourth-order valence-electron chi connectivity index (χ4n) is 2.71. The molecular formula is C17H16N4O3. The summed E-state index contributed by atoms with van der Waals surface area (Å²) in [6, 6.07) is 11.3. The normalized spacial score (nSPS) is 20.0. The highest BCUT2D eigenvalue weighted by atomic mass is 16.2. The highest BCUT2D eigenvalue weighted by Crippen LogP contribution is 2.31. The molecule has 0 radical (unpaired) electrons. The molecule has 7 nitrogen and oxygen atoms in total. The maximum absolute atomic E-state index is 12.9. The van der Waals surface area contributed by atoms with Crippen molar-refractivity contribution in [2.75, 3.05) is 0 Å². The lowest BCUT2D eigenvalue weighted by atomic mass is 9.87. The minimum atomic E-state index is -1.18. The zero-order chi connectivity index (χ0) is 17.2. The Morgan fingerprint density at radius 1 is 1.17 bits per heavy atom. The van der Waals surface area contributed by atoms with Gasteiger partial charge in [-0.15, -0.1) is 0 Å². The third kappa shape index (κ3) is 2.50. The van der Waals surface area contributed by atoms with Gasteiger partial charge in [0.05, 0.1) is 0 Å². The van der Waals surface area contributed by atoms with Gasteiger partial charge in [0.2, 0.25) is 0 Å². The van der Waals surface area contributed by atoms with E-state index in [1.165, 1.54) is 24.5 Å². The molecule has 0 aliphatic carbocycles. The molecule has 1 fully saturated rings. The minimum absolute atomic E-state index is 0.305. The number of benzene rings is 1. The molecule has 0 spiro atoms. The first-order chi connectivity index (χ1) is 11.6. The number of nitrogens with one attached hydrogen (secondary N) is 2. The maximum atomic E-state index is 12.9. The molecular weight excluding hydrogens is 308 g/mol. The highest BCUT2D eigenvalue weighted by Gasteiger charge is 2.52. The van der Waals surface area contributed by atoms with Gasteiger partial charge in [-0.05, 0) is 24.1 Å². The summed E-state index contributed by atoms with van der Waals surface area (Å²) < 4.78 is 0. The van der Waals surface area contributed by atoms with E-state index in [9.17, 15) is 14.4 Å². The van der Waals surface area contributed by atoms with Crippen LogP contribution in [0.5, 0.6) is 0 Å². The number of amides is 4. The monoisotopic (exact) mass is 324 g/mol. The molecule has 1 aliphatic heterocycles. The number of pyridine rings is 1. The summed E-state index contributed by atoms with van der Waals surface area (Å²) in [5.41, 5.74) is 2.16. The molecule has 3 rings (SSSR count). The number of rotatable bonds is 4. The summed E-state index contributed by atoms with van der Waals surface area (Å²) in [7, 11) is 0. The first-order valence-electron chi connectivity index (χ1n) is 7.51. The Hall–Kier alpha value is -3.22. The molecule has 7 heteroatoms. The van der Waals surface area contributed by atoms with E-state index in [-0.39, 0.29) is 0 Å². The van der Waals surface area contributed by atoms with Gasteiger partial charge in [0, 0.05) is 18.0 Å². The summed E-state index contributed by atoms with van der Waals surface area (Å²) in [6.07, 6.45) is 3.28. The number of hydrogen-bond acceptors (Lipinski definition) is 4. The Kier molecular flexibility index (Phi) is 3.99. The average Bonchev–Trinajstić information content (AvgIpc) is 2.88. The van der Waals surface area contributed by atoms with Crippen LogP contribution in [0.25, 0.3) is 0 Å². The molecule has 0 unspecified atom stereocenters. The van der Waals surface area contributed by atoms with Crippen molar-refractivity contribution in [3.63, 3.8) is 0 Å². The fourth-order valence-corrected chi connectivity index (χ4v) is 2.71. The van der Waals surface area contributed by atoms with Crippen LogP contribution in [-0.2, 0) is 10.3 Å². The molecule has 2 heterocycles. The number of hydrogen-bond donors (Lipinski definition) is 2. The predicted octanol–water partition coefficient (Wildman–Crippen LogP) is 1.58. The third-order valence-electron chi connectivity index (χ3n) is 4.04. The predicted molar refractivity (Wildman–Crippen MR) is 85.5 cm³/mol. The first kappa shape index (κ1) is 15.7. The number of aromatic nitrogens is 1. The van der Waals surface area contributed by atoms with E-state index in [2.05, 4.69) is 15.7 Å². The summed E-state index contributed by atoms with van der Waals surface area (Å²) in [5.74, 6) is -1.07. The van der Waals surface area contributed by atoms with Crippen LogP contribution >= 0.6 is 0 Å². The van der Waals surface area contributed by atoms with Gasteiger partial charge < -0.3 is 5.32 Å². The van der Waals surface area contributed by atoms with Gasteiger partial charge in [-0.2, -0.15) is 5.01 Å². The van der Waals surface area contributed by atoms with Crippen molar-refractivity contribution in [2.24, 2.45) is 0 Å². The standard InChI is InChI=1S/C17H16N4O3/c1-2-17(13-6-4-3-5-7-13)15(23)21(16(24)19-17)20-14(22)12-8-10-18-11-9-12/h3-11H,2H2,1H3,(H,19,24)(H,20,22)/t17-/m0/s1. The summed E-state index contributed by atoms with van der Waals surface area (Å²) in [6.45, 7) is 1.80. The van der Waals surface area contributed by atoms with E-state index in [1.54, 1.807) is 31.2 Å². The second kappa shape index (κ2) is 6.11. The molecule has 0 saturated carbocycles. The molecule has 0 bridgehead atoms. The molecule has 24 heavy (non-hydrogen) atoms. The van der Waals surface area contributed by atoms with Crippen LogP contribution in [-0.4, -0.2) is 27.8 Å². The van der Waals surface area contributed by atoms with E-state index in [1.807, 2.05) is 6.07 Å². The lowest BCUT2D eigenvalue weighted by Crippen LogP contribution is -2.48. The van der Waals surface area contributed by atoms with Crippen molar-refractivity contribution in [1.82, 2.24) is 20.7 Å². The SMILES string of the molecule is CC[C@@]1(c2ccccc2)NC(=O)N(NC(=O)c2ccncc2)C1=O. The smallest absolute Gasteiger partial charge is 0.318 e. The molecule has 1 aromatic heterocycles. The van der Waals surface area contributed by atoms with Gasteiger partial charge in [-0.25, -0.2) is 4.79 Å². The molecule has 1 aromatic carbocycles. The lowest BCUT2D eigenvalue weighted by molar-refractivity contribution is -0.133. The first-order valence-corrected chi connectivity index (χ1v) is 7.51. The van der Waals surface area contributed by atoms with Crippen molar-refractivity contribution in [3.8, 4) is 0 Å².